The van der Waals surface area contributed by atoms with Gasteiger partial charge in [0.1, 0.15) is 11.3 Å². The van der Waals surface area contributed by atoms with Crippen LogP contribution in [0.5, 0.6) is 0 Å². The van der Waals surface area contributed by atoms with Crippen molar-refractivity contribution in [3.8, 4) is 0 Å². The van der Waals surface area contributed by atoms with Crippen molar-refractivity contribution < 1.29 is 4.74 Å². The van der Waals surface area contributed by atoms with Gasteiger partial charge in [-0.25, -0.2) is 4.98 Å². The van der Waals surface area contributed by atoms with Gasteiger partial charge in [-0.15, -0.1) is 11.6 Å². The molecule has 1 fully saturated rings. The Kier molecular flexibility index (Phi) is 3.71. The van der Waals surface area contributed by atoms with E-state index in [9.17, 15) is 0 Å². The quantitative estimate of drug-likeness (QED) is 0.806. The molecule has 3 heterocycles. The first-order valence-electron chi connectivity index (χ1n) is 6.81. The number of ether oxygens (including phenoxy) is 1. The van der Waals surface area contributed by atoms with Crippen molar-refractivity contribution in [1.82, 2.24) is 14.5 Å². The molecular formula is C14H18ClN3O. The van der Waals surface area contributed by atoms with E-state index in [2.05, 4.69) is 14.5 Å². The number of alkyl halides is 1. The number of aromatic nitrogens is 3. The molecule has 2 unspecified atom stereocenters. The Morgan fingerprint density at radius 1 is 1.58 bits per heavy atom. The molecule has 0 amide bonds. The number of rotatable bonds is 4. The minimum Gasteiger partial charge on any atom is -0.378 e. The van der Waals surface area contributed by atoms with E-state index in [-0.39, 0.29) is 5.38 Å². The molecule has 4 nitrogen and oxygen atoms in total. The molecule has 0 radical (unpaired) electrons. The van der Waals surface area contributed by atoms with E-state index in [1.165, 1.54) is 12.8 Å². The zero-order valence-electron chi connectivity index (χ0n) is 11.1. The summed E-state index contributed by atoms with van der Waals surface area (Å²) in [6.45, 7) is 3.76. The molecule has 0 saturated carbocycles. The van der Waals surface area contributed by atoms with Crippen LogP contribution in [0, 0.1) is 0 Å². The first kappa shape index (κ1) is 12.9. The third kappa shape index (κ3) is 2.60. The van der Waals surface area contributed by atoms with Crippen LogP contribution < -0.4 is 0 Å². The van der Waals surface area contributed by atoms with Crippen molar-refractivity contribution in [3.63, 3.8) is 0 Å². The number of hydrogen-bond donors (Lipinski definition) is 0. The minimum absolute atomic E-state index is 0.100. The number of aryl methyl sites for hydroxylation is 1. The molecule has 102 valence electrons. The Bertz CT molecular complexity index is 561. The van der Waals surface area contributed by atoms with Crippen LogP contribution in [-0.4, -0.2) is 27.2 Å². The fourth-order valence-corrected chi connectivity index (χ4v) is 2.85. The smallest absolute Gasteiger partial charge is 0.127 e. The molecule has 2 aromatic rings. The second-order valence-corrected chi connectivity index (χ2v) is 5.68. The maximum atomic E-state index is 6.24. The molecule has 1 saturated heterocycles. The van der Waals surface area contributed by atoms with E-state index in [0.717, 1.165) is 36.4 Å². The number of pyridine rings is 1. The van der Waals surface area contributed by atoms with Crippen LogP contribution in [-0.2, 0) is 11.3 Å². The van der Waals surface area contributed by atoms with Crippen LogP contribution in [0.25, 0.3) is 11.0 Å². The van der Waals surface area contributed by atoms with Gasteiger partial charge >= 0.3 is 0 Å². The Morgan fingerprint density at radius 2 is 2.47 bits per heavy atom. The number of nitrogens with zero attached hydrogens (tertiary/aromatic N) is 3. The molecule has 0 spiro atoms. The highest BCUT2D eigenvalue weighted by molar-refractivity contribution is 6.20. The summed E-state index contributed by atoms with van der Waals surface area (Å²) in [5.74, 6) is 0.919. The van der Waals surface area contributed by atoms with Gasteiger partial charge in [-0.05, 0) is 32.3 Å². The van der Waals surface area contributed by atoms with E-state index in [1.54, 1.807) is 12.4 Å². The largest absolute Gasteiger partial charge is 0.378 e. The Morgan fingerprint density at radius 3 is 3.21 bits per heavy atom. The van der Waals surface area contributed by atoms with Gasteiger partial charge in [-0.3, -0.25) is 4.98 Å². The second-order valence-electron chi connectivity index (χ2n) is 5.03. The van der Waals surface area contributed by atoms with Crippen molar-refractivity contribution in [2.24, 2.45) is 0 Å². The first-order chi connectivity index (χ1) is 9.25. The molecule has 5 heteroatoms. The van der Waals surface area contributed by atoms with E-state index in [0.29, 0.717) is 6.10 Å². The highest BCUT2D eigenvalue weighted by atomic mass is 35.5. The molecule has 3 rings (SSSR count). The monoisotopic (exact) mass is 279 g/mol. The van der Waals surface area contributed by atoms with Crippen LogP contribution in [0.15, 0.2) is 18.5 Å². The highest BCUT2D eigenvalue weighted by Crippen LogP contribution is 2.25. The zero-order valence-corrected chi connectivity index (χ0v) is 11.8. The fraction of sp³-hybridized carbons (Fsp3) is 0.571. The molecule has 0 aliphatic carbocycles. The molecule has 0 N–H and O–H groups in total. The summed E-state index contributed by atoms with van der Waals surface area (Å²) in [5, 5.41) is -0.100. The summed E-state index contributed by atoms with van der Waals surface area (Å²) in [7, 11) is 0. The van der Waals surface area contributed by atoms with E-state index in [4.69, 9.17) is 16.3 Å². The second kappa shape index (κ2) is 5.47. The van der Waals surface area contributed by atoms with Gasteiger partial charge in [-0.1, -0.05) is 0 Å². The minimum atomic E-state index is -0.100. The average molecular weight is 280 g/mol. The Balaban J connectivity index is 1.88. The summed E-state index contributed by atoms with van der Waals surface area (Å²) in [4.78, 5) is 8.71. The summed E-state index contributed by atoms with van der Waals surface area (Å²) >= 11 is 6.24. The number of halogens is 1. The van der Waals surface area contributed by atoms with Gasteiger partial charge in [0.15, 0.2) is 0 Å². The van der Waals surface area contributed by atoms with Crippen LogP contribution in [0.2, 0.25) is 0 Å². The molecule has 2 aromatic heterocycles. The van der Waals surface area contributed by atoms with Crippen molar-refractivity contribution in [2.45, 2.75) is 44.2 Å². The molecule has 19 heavy (non-hydrogen) atoms. The summed E-state index contributed by atoms with van der Waals surface area (Å²) in [6.07, 6.45) is 7.34. The van der Waals surface area contributed by atoms with Gasteiger partial charge < -0.3 is 9.30 Å². The molecular weight excluding hydrogens is 262 g/mol. The number of fused-ring (bicyclic) bond motifs is 1. The van der Waals surface area contributed by atoms with Crippen LogP contribution in [0.1, 0.15) is 37.4 Å². The van der Waals surface area contributed by atoms with Crippen molar-refractivity contribution in [2.75, 3.05) is 6.61 Å². The standard InChI is InChI=1S/C14H18ClN3O/c1-10(15)14-17-12-9-16-6-4-13(12)18(14)7-5-11-3-2-8-19-11/h4,6,9-11H,2-3,5,7-8H2,1H3. The Labute approximate surface area is 117 Å². The van der Waals surface area contributed by atoms with E-state index >= 15 is 0 Å². The molecule has 1 aliphatic heterocycles. The SMILES string of the molecule is CC(Cl)c1nc2cnccc2n1CCC1CCCO1. The van der Waals surface area contributed by atoms with Crippen LogP contribution in [0.4, 0.5) is 0 Å². The van der Waals surface area contributed by atoms with Crippen molar-refractivity contribution in [3.05, 3.63) is 24.3 Å². The van der Waals surface area contributed by atoms with Crippen molar-refractivity contribution in [1.29, 1.82) is 0 Å². The maximum Gasteiger partial charge on any atom is 0.127 e. The third-order valence-electron chi connectivity index (χ3n) is 3.63. The van der Waals surface area contributed by atoms with E-state index < -0.39 is 0 Å². The van der Waals surface area contributed by atoms with Gasteiger partial charge in [0.2, 0.25) is 0 Å². The third-order valence-corrected chi connectivity index (χ3v) is 3.83. The number of imidazole rings is 1. The lowest BCUT2D eigenvalue weighted by Crippen LogP contribution is -2.12. The summed E-state index contributed by atoms with van der Waals surface area (Å²) in [6, 6.07) is 2.00. The topological polar surface area (TPSA) is 39.9 Å². The molecule has 0 aromatic carbocycles. The lowest BCUT2D eigenvalue weighted by atomic mass is 10.2. The van der Waals surface area contributed by atoms with E-state index in [1.807, 2.05) is 13.0 Å². The lowest BCUT2D eigenvalue weighted by molar-refractivity contribution is 0.100. The molecule has 1 aliphatic rings. The molecule has 2 atom stereocenters. The Hall–Kier alpha value is -1.13. The van der Waals surface area contributed by atoms with Gasteiger partial charge in [0, 0.05) is 19.3 Å². The highest BCUT2D eigenvalue weighted by Gasteiger charge is 2.19. The van der Waals surface area contributed by atoms with Crippen molar-refractivity contribution >= 4 is 22.6 Å². The number of hydrogen-bond acceptors (Lipinski definition) is 3. The summed E-state index contributed by atoms with van der Waals surface area (Å²) < 4.78 is 7.89. The first-order valence-corrected chi connectivity index (χ1v) is 7.25. The van der Waals surface area contributed by atoms with Gasteiger partial charge in [-0.2, -0.15) is 0 Å². The van der Waals surface area contributed by atoms with Gasteiger partial charge in [0.05, 0.1) is 23.2 Å². The van der Waals surface area contributed by atoms with Crippen LogP contribution >= 0.6 is 11.6 Å². The predicted molar refractivity (Wildman–Crippen MR) is 75.4 cm³/mol. The maximum absolute atomic E-state index is 6.24. The predicted octanol–water partition coefficient (Wildman–Crippen LogP) is 3.30. The normalized spacial score (nSPS) is 21.1. The average Bonchev–Trinajstić information content (AvgIpc) is 3.03. The lowest BCUT2D eigenvalue weighted by Gasteiger charge is -2.13. The fourth-order valence-electron chi connectivity index (χ4n) is 2.68. The molecule has 0 bridgehead atoms. The van der Waals surface area contributed by atoms with Crippen LogP contribution in [0.3, 0.4) is 0 Å². The summed E-state index contributed by atoms with van der Waals surface area (Å²) in [5.41, 5.74) is 2.02. The zero-order chi connectivity index (χ0) is 13.2. The van der Waals surface area contributed by atoms with Gasteiger partial charge in [0.25, 0.3) is 0 Å².